The van der Waals surface area contributed by atoms with Crippen LogP contribution in [0.15, 0.2) is 42.5 Å². The molecule has 0 bridgehead atoms. The highest BCUT2D eigenvalue weighted by Crippen LogP contribution is 2.33. The zero-order valence-corrected chi connectivity index (χ0v) is 12.0. The minimum atomic E-state index is -0.541. The molecule has 0 aromatic heterocycles. The van der Waals surface area contributed by atoms with E-state index in [1.165, 1.54) is 18.2 Å². The Labute approximate surface area is 126 Å². The van der Waals surface area contributed by atoms with E-state index < -0.39 is 4.92 Å². The van der Waals surface area contributed by atoms with Gasteiger partial charge in [-0.15, -0.1) is 0 Å². The normalized spacial score (nSPS) is 10.2. The number of nitro groups is 1. The van der Waals surface area contributed by atoms with Crippen molar-refractivity contribution in [3.05, 3.63) is 63.2 Å². The standard InChI is InChI=1S/C15H12ClNO4/c1-2-14(18)10-3-6-12(7-4-10)21-15-9-11(16)5-8-13(15)17(19)20/h3-9H,2H2,1H3. The van der Waals surface area contributed by atoms with Crippen LogP contribution >= 0.6 is 11.6 Å². The van der Waals surface area contributed by atoms with Crippen LogP contribution in [0.2, 0.25) is 5.02 Å². The molecule has 0 saturated carbocycles. The number of hydrogen-bond acceptors (Lipinski definition) is 4. The minimum absolute atomic E-state index is 0.0234. The van der Waals surface area contributed by atoms with Gasteiger partial charge in [-0.05, 0) is 30.3 Å². The van der Waals surface area contributed by atoms with E-state index in [0.29, 0.717) is 22.8 Å². The highest BCUT2D eigenvalue weighted by Gasteiger charge is 2.16. The van der Waals surface area contributed by atoms with Crippen molar-refractivity contribution < 1.29 is 14.5 Å². The van der Waals surface area contributed by atoms with Gasteiger partial charge in [-0.25, -0.2) is 0 Å². The molecule has 2 aromatic rings. The topological polar surface area (TPSA) is 69.4 Å². The van der Waals surface area contributed by atoms with Gasteiger partial charge in [0.25, 0.3) is 0 Å². The van der Waals surface area contributed by atoms with Crippen molar-refractivity contribution in [3.63, 3.8) is 0 Å². The van der Waals surface area contributed by atoms with E-state index >= 15 is 0 Å². The van der Waals surface area contributed by atoms with E-state index in [1.54, 1.807) is 31.2 Å². The van der Waals surface area contributed by atoms with Gasteiger partial charge in [0.05, 0.1) is 4.92 Å². The summed E-state index contributed by atoms with van der Waals surface area (Å²) in [5.74, 6) is 0.477. The zero-order valence-electron chi connectivity index (χ0n) is 11.2. The molecule has 21 heavy (non-hydrogen) atoms. The summed E-state index contributed by atoms with van der Waals surface area (Å²) in [5, 5.41) is 11.3. The van der Waals surface area contributed by atoms with Crippen LogP contribution in [0.4, 0.5) is 5.69 Å². The lowest BCUT2D eigenvalue weighted by atomic mass is 10.1. The average Bonchev–Trinajstić information content (AvgIpc) is 2.47. The number of Topliss-reactive ketones (excluding diaryl/α,β-unsaturated/α-hetero) is 1. The van der Waals surface area contributed by atoms with Crippen LogP contribution < -0.4 is 4.74 Å². The maximum atomic E-state index is 11.5. The van der Waals surface area contributed by atoms with E-state index in [4.69, 9.17) is 16.3 Å². The predicted molar refractivity (Wildman–Crippen MR) is 79.2 cm³/mol. The number of ether oxygens (including phenoxy) is 1. The molecule has 0 N–H and O–H groups in total. The number of rotatable bonds is 5. The lowest BCUT2D eigenvalue weighted by Crippen LogP contribution is -1.96. The van der Waals surface area contributed by atoms with Crippen molar-refractivity contribution in [2.24, 2.45) is 0 Å². The van der Waals surface area contributed by atoms with Gasteiger partial charge in [0.1, 0.15) is 5.75 Å². The van der Waals surface area contributed by atoms with Gasteiger partial charge in [-0.3, -0.25) is 14.9 Å². The van der Waals surface area contributed by atoms with Gasteiger partial charge in [0, 0.05) is 29.1 Å². The minimum Gasteiger partial charge on any atom is -0.450 e. The fourth-order valence-corrected chi connectivity index (χ4v) is 1.92. The molecule has 0 unspecified atom stereocenters. The second-order valence-electron chi connectivity index (χ2n) is 4.27. The number of carbonyl (C=O) groups is 1. The average molecular weight is 306 g/mol. The highest BCUT2D eigenvalue weighted by molar-refractivity contribution is 6.30. The number of halogens is 1. The Morgan fingerprint density at radius 1 is 1.24 bits per heavy atom. The van der Waals surface area contributed by atoms with Crippen molar-refractivity contribution >= 4 is 23.1 Å². The molecule has 0 aliphatic rings. The predicted octanol–water partition coefficient (Wildman–Crippen LogP) is 4.63. The van der Waals surface area contributed by atoms with E-state index in [2.05, 4.69) is 0 Å². The summed E-state index contributed by atoms with van der Waals surface area (Å²) in [7, 11) is 0. The second-order valence-corrected chi connectivity index (χ2v) is 4.71. The summed E-state index contributed by atoms with van der Waals surface area (Å²) in [6, 6.07) is 10.5. The summed E-state index contributed by atoms with van der Waals surface area (Å²) in [5.41, 5.74) is 0.401. The third-order valence-electron chi connectivity index (χ3n) is 2.84. The van der Waals surface area contributed by atoms with Gasteiger partial charge in [-0.2, -0.15) is 0 Å². The smallest absolute Gasteiger partial charge is 0.311 e. The molecule has 0 heterocycles. The molecule has 2 rings (SSSR count). The molecule has 108 valence electrons. The maximum absolute atomic E-state index is 11.5. The molecule has 2 aromatic carbocycles. The number of carbonyl (C=O) groups excluding carboxylic acids is 1. The van der Waals surface area contributed by atoms with Crippen molar-refractivity contribution in [2.75, 3.05) is 0 Å². The Morgan fingerprint density at radius 3 is 2.48 bits per heavy atom. The molecule has 0 aliphatic carbocycles. The van der Waals surface area contributed by atoms with Gasteiger partial charge in [0.2, 0.25) is 5.75 Å². The van der Waals surface area contributed by atoms with E-state index in [9.17, 15) is 14.9 Å². The van der Waals surface area contributed by atoms with E-state index in [0.717, 1.165) is 0 Å². The third kappa shape index (κ3) is 3.58. The molecule has 0 saturated heterocycles. The maximum Gasteiger partial charge on any atom is 0.311 e. The van der Waals surface area contributed by atoms with Crippen LogP contribution in [-0.4, -0.2) is 10.7 Å². The van der Waals surface area contributed by atoms with Crippen LogP contribution in [0.25, 0.3) is 0 Å². The summed E-state index contributed by atoms with van der Waals surface area (Å²) in [6.45, 7) is 1.78. The molecule has 0 aliphatic heterocycles. The van der Waals surface area contributed by atoms with Crippen LogP contribution in [0, 0.1) is 10.1 Å². The first-order valence-electron chi connectivity index (χ1n) is 6.26. The molecule has 0 atom stereocenters. The van der Waals surface area contributed by atoms with E-state index in [1.807, 2.05) is 0 Å². The van der Waals surface area contributed by atoms with Crippen molar-refractivity contribution in [1.29, 1.82) is 0 Å². The molecule has 5 nitrogen and oxygen atoms in total. The fourth-order valence-electron chi connectivity index (χ4n) is 1.76. The van der Waals surface area contributed by atoms with Crippen molar-refractivity contribution in [1.82, 2.24) is 0 Å². The van der Waals surface area contributed by atoms with Crippen LogP contribution in [0.5, 0.6) is 11.5 Å². The van der Waals surface area contributed by atoms with Gasteiger partial charge >= 0.3 is 5.69 Å². The molecular weight excluding hydrogens is 294 g/mol. The number of nitrogens with zero attached hydrogens (tertiary/aromatic N) is 1. The number of nitro benzene ring substituents is 1. The SMILES string of the molecule is CCC(=O)c1ccc(Oc2cc(Cl)ccc2[N+](=O)[O-])cc1. The molecule has 0 amide bonds. The van der Waals surface area contributed by atoms with Crippen molar-refractivity contribution in [2.45, 2.75) is 13.3 Å². The second kappa shape index (κ2) is 6.37. The Balaban J connectivity index is 2.28. The summed E-state index contributed by atoms with van der Waals surface area (Å²) < 4.78 is 5.48. The Bertz CT molecular complexity index is 683. The molecule has 6 heteroatoms. The van der Waals surface area contributed by atoms with Crippen LogP contribution in [0.3, 0.4) is 0 Å². The number of benzene rings is 2. The number of ketones is 1. The first kappa shape index (κ1) is 15.0. The summed E-state index contributed by atoms with van der Waals surface area (Å²) in [6.07, 6.45) is 0.417. The van der Waals surface area contributed by atoms with E-state index in [-0.39, 0.29) is 17.2 Å². The van der Waals surface area contributed by atoms with Crippen molar-refractivity contribution in [3.8, 4) is 11.5 Å². The Morgan fingerprint density at radius 2 is 1.90 bits per heavy atom. The summed E-state index contributed by atoms with van der Waals surface area (Å²) >= 11 is 5.83. The van der Waals surface area contributed by atoms with Crippen LogP contribution in [-0.2, 0) is 0 Å². The molecular formula is C15H12ClNO4. The zero-order chi connectivity index (χ0) is 15.4. The van der Waals surface area contributed by atoms with Gasteiger partial charge < -0.3 is 4.74 Å². The fraction of sp³-hybridized carbons (Fsp3) is 0.133. The number of hydrogen-bond donors (Lipinski definition) is 0. The Kier molecular flexibility index (Phi) is 4.55. The first-order chi connectivity index (χ1) is 10.0. The Hall–Kier alpha value is -2.40. The molecule has 0 spiro atoms. The lowest BCUT2D eigenvalue weighted by Gasteiger charge is -2.07. The largest absolute Gasteiger partial charge is 0.450 e. The van der Waals surface area contributed by atoms with Gasteiger partial charge in [-0.1, -0.05) is 18.5 Å². The monoisotopic (exact) mass is 305 g/mol. The summed E-state index contributed by atoms with van der Waals surface area (Å²) in [4.78, 5) is 21.9. The van der Waals surface area contributed by atoms with Crippen LogP contribution in [0.1, 0.15) is 23.7 Å². The highest BCUT2D eigenvalue weighted by atomic mass is 35.5. The molecule has 0 radical (unpaired) electrons. The van der Waals surface area contributed by atoms with Gasteiger partial charge in [0.15, 0.2) is 5.78 Å². The lowest BCUT2D eigenvalue weighted by molar-refractivity contribution is -0.385. The quantitative estimate of drug-likeness (QED) is 0.458. The third-order valence-corrected chi connectivity index (χ3v) is 3.08. The molecule has 0 fully saturated rings. The first-order valence-corrected chi connectivity index (χ1v) is 6.64.